The highest BCUT2D eigenvalue weighted by Gasteiger charge is 2.59. The first-order chi connectivity index (χ1) is 9.68. The Balaban J connectivity index is 1.70. The molecule has 5 heteroatoms. The average molecular weight is 295 g/mol. The molecule has 1 amide bonds. The molecule has 4 aliphatic rings. The van der Waals surface area contributed by atoms with Gasteiger partial charge in [-0.1, -0.05) is 0 Å². The molecule has 0 aromatic heterocycles. The molecule has 0 aromatic carbocycles. The molecule has 0 spiro atoms. The van der Waals surface area contributed by atoms with Gasteiger partial charge in [0.2, 0.25) is 0 Å². The molecule has 0 aromatic rings. The molecule has 2 atom stereocenters. The second-order valence-corrected chi connectivity index (χ2v) is 8.23. The molecule has 4 aliphatic carbocycles. The van der Waals surface area contributed by atoms with Gasteiger partial charge in [0.1, 0.15) is 5.60 Å². The second-order valence-electron chi connectivity index (χ2n) is 8.23. The Labute approximate surface area is 125 Å². The summed E-state index contributed by atoms with van der Waals surface area (Å²) in [6.07, 6.45) is 3.96. The van der Waals surface area contributed by atoms with E-state index < -0.39 is 17.0 Å². The number of carbonyl (C=O) groups is 2. The zero-order chi connectivity index (χ0) is 15.4. The van der Waals surface area contributed by atoms with Gasteiger partial charge in [0.05, 0.1) is 5.41 Å². The van der Waals surface area contributed by atoms with Crippen molar-refractivity contribution in [3.8, 4) is 0 Å². The molecule has 4 rings (SSSR count). The number of alkyl carbamates (subject to hydrolysis) is 1. The van der Waals surface area contributed by atoms with Crippen LogP contribution in [0.5, 0.6) is 0 Å². The van der Waals surface area contributed by atoms with E-state index in [0.29, 0.717) is 30.6 Å². The van der Waals surface area contributed by atoms with Crippen LogP contribution in [-0.2, 0) is 9.53 Å². The van der Waals surface area contributed by atoms with Gasteiger partial charge >= 0.3 is 12.1 Å². The molecule has 0 radical (unpaired) electrons. The number of rotatable bonds is 2. The number of nitrogens with one attached hydrogen (secondary N) is 1. The third kappa shape index (κ3) is 2.62. The molecule has 4 saturated carbocycles. The first-order valence-electron chi connectivity index (χ1n) is 7.91. The maximum atomic E-state index is 12.0. The minimum Gasteiger partial charge on any atom is -0.481 e. The highest BCUT2D eigenvalue weighted by atomic mass is 16.6. The van der Waals surface area contributed by atoms with Crippen molar-refractivity contribution in [3.05, 3.63) is 0 Å². The van der Waals surface area contributed by atoms with Gasteiger partial charge in [-0.15, -0.1) is 0 Å². The Morgan fingerprint density at radius 3 is 2.19 bits per heavy atom. The van der Waals surface area contributed by atoms with Crippen LogP contribution in [0.4, 0.5) is 4.79 Å². The van der Waals surface area contributed by atoms with Crippen molar-refractivity contribution < 1.29 is 19.4 Å². The smallest absolute Gasteiger partial charge is 0.407 e. The quantitative estimate of drug-likeness (QED) is 0.821. The first kappa shape index (κ1) is 14.7. The fourth-order valence-electron chi connectivity index (χ4n) is 4.97. The van der Waals surface area contributed by atoms with Gasteiger partial charge in [0, 0.05) is 6.04 Å². The van der Waals surface area contributed by atoms with Crippen LogP contribution in [0.25, 0.3) is 0 Å². The number of carbonyl (C=O) groups excluding carboxylic acids is 1. The van der Waals surface area contributed by atoms with Crippen LogP contribution in [0.2, 0.25) is 0 Å². The summed E-state index contributed by atoms with van der Waals surface area (Å²) in [4.78, 5) is 23.7. The second kappa shape index (κ2) is 4.62. The van der Waals surface area contributed by atoms with Gasteiger partial charge in [0.15, 0.2) is 0 Å². The lowest BCUT2D eigenvalue weighted by Gasteiger charge is -2.58. The molecule has 118 valence electrons. The van der Waals surface area contributed by atoms with Crippen LogP contribution in [0.3, 0.4) is 0 Å². The van der Waals surface area contributed by atoms with E-state index in [9.17, 15) is 14.7 Å². The van der Waals surface area contributed by atoms with E-state index in [0.717, 1.165) is 19.3 Å². The summed E-state index contributed by atoms with van der Waals surface area (Å²) >= 11 is 0. The van der Waals surface area contributed by atoms with Crippen LogP contribution >= 0.6 is 0 Å². The molecular formula is C16H25NO4. The average Bonchev–Trinajstić information content (AvgIpc) is 2.30. The Bertz CT molecular complexity index is 451. The summed E-state index contributed by atoms with van der Waals surface area (Å²) in [7, 11) is 0. The Kier molecular flexibility index (Phi) is 3.22. The summed E-state index contributed by atoms with van der Waals surface area (Å²) in [5.74, 6) is 0.465. The molecule has 4 bridgehead atoms. The summed E-state index contributed by atoms with van der Waals surface area (Å²) < 4.78 is 5.35. The van der Waals surface area contributed by atoms with Gasteiger partial charge in [-0.05, 0) is 70.6 Å². The van der Waals surface area contributed by atoms with E-state index in [4.69, 9.17) is 4.74 Å². The van der Waals surface area contributed by atoms with E-state index in [1.807, 2.05) is 20.8 Å². The van der Waals surface area contributed by atoms with Crippen LogP contribution in [0.15, 0.2) is 0 Å². The van der Waals surface area contributed by atoms with E-state index >= 15 is 0 Å². The van der Waals surface area contributed by atoms with Crippen LogP contribution < -0.4 is 5.32 Å². The zero-order valence-electron chi connectivity index (χ0n) is 13.0. The lowest BCUT2D eigenvalue weighted by molar-refractivity contribution is -0.167. The van der Waals surface area contributed by atoms with Crippen molar-refractivity contribution in [2.75, 3.05) is 0 Å². The van der Waals surface area contributed by atoms with Crippen molar-refractivity contribution in [1.29, 1.82) is 0 Å². The predicted molar refractivity (Wildman–Crippen MR) is 76.8 cm³/mol. The van der Waals surface area contributed by atoms with E-state index in [1.54, 1.807) is 0 Å². The highest BCUT2D eigenvalue weighted by Crippen LogP contribution is 2.60. The minimum atomic E-state index is -0.641. The lowest BCUT2D eigenvalue weighted by Crippen LogP contribution is -2.61. The zero-order valence-corrected chi connectivity index (χ0v) is 13.0. The van der Waals surface area contributed by atoms with Gasteiger partial charge in [-0.25, -0.2) is 4.79 Å². The summed E-state index contributed by atoms with van der Waals surface area (Å²) in [6.45, 7) is 5.55. The highest BCUT2D eigenvalue weighted by molar-refractivity contribution is 5.75. The van der Waals surface area contributed by atoms with Crippen molar-refractivity contribution in [2.45, 2.75) is 64.5 Å². The van der Waals surface area contributed by atoms with Crippen molar-refractivity contribution in [1.82, 2.24) is 5.32 Å². The largest absolute Gasteiger partial charge is 0.481 e. The molecule has 2 unspecified atom stereocenters. The van der Waals surface area contributed by atoms with E-state index in [2.05, 4.69) is 5.32 Å². The number of carboxylic acid groups (broad SMARTS) is 1. The van der Waals surface area contributed by atoms with Gasteiger partial charge in [-0.3, -0.25) is 4.79 Å². The fourth-order valence-corrected chi connectivity index (χ4v) is 4.97. The first-order valence-corrected chi connectivity index (χ1v) is 7.91. The number of amides is 1. The third-order valence-corrected chi connectivity index (χ3v) is 5.41. The maximum Gasteiger partial charge on any atom is 0.407 e. The van der Waals surface area contributed by atoms with Crippen LogP contribution in [0, 0.1) is 23.2 Å². The minimum absolute atomic E-state index is 0.0869. The maximum absolute atomic E-state index is 12.0. The third-order valence-electron chi connectivity index (χ3n) is 5.41. The molecule has 21 heavy (non-hydrogen) atoms. The summed E-state index contributed by atoms with van der Waals surface area (Å²) in [6, 6.07) is 0.0869. The summed E-state index contributed by atoms with van der Waals surface area (Å²) in [5.41, 5.74) is -1.03. The molecule has 0 saturated heterocycles. The SMILES string of the molecule is CC(C)(C)OC(=O)NC1C2CC3CC1CC(C(=O)O)(C3)C2. The molecule has 0 heterocycles. The standard InChI is InChI=1S/C16H25NO4/c1-15(2,3)21-14(20)17-12-10-4-9-5-11(12)8-16(6-9,7-10)13(18)19/h9-12H,4-8H2,1-3H3,(H,17,20)(H,18,19). The molecule has 0 aliphatic heterocycles. The number of carboxylic acids is 1. The monoisotopic (exact) mass is 295 g/mol. The molecule has 4 fully saturated rings. The Morgan fingerprint density at radius 2 is 1.71 bits per heavy atom. The molecule has 5 nitrogen and oxygen atoms in total. The summed E-state index contributed by atoms with van der Waals surface area (Å²) in [5, 5.41) is 12.6. The number of aliphatic carboxylic acids is 1. The molecule has 2 N–H and O–H groups in total. The Morgan fingerprint density at radius 1 is 1.14 bits per heavy atom. The van der Waals surface area contributed by atoms with Gasteiger partial charge in [0.25, 0.3) is 0 Å². The number of hydrogen-bond donors (Lipinski definition) is 2. The van der Waals surface area contributed by atoms with E-state index in [1.165, 1.54) is 0 Å². The predicted octanol–water partition coefficient (Wildman–Crippen LogP) is 2.79. The number of ether oxygens (including phenoxy) is 1. The van der Waals surface area contributed by atoms with Gasteiger partial charge < -0.3 is 15.2 Å². The lowest BCUT2D eigenvalue weighted by atomic mass is 9.48. The fraction of sp³-hybridized carbons (Fsp3) is 0.875. The Hall–Kier alpha value is -1.26. The van der Waals surface area contributed by atoms with Crippen LogP contribution in [0.1, 0.15) is 52.9 Å². The van der Waals surface area contributed by atoms with Crippen molar-refractivity contribution in [3.63, 3.8) is 0 Å². The topological polar surface area (TPSA) is 75.6 Å². The molecular weight excluding hydrogens is 270 g/mol. The number of hydrogen-bond acceptors (Lipinski definition) is 3. The van der Waals surface area contributed by atoms with Crippen molar-refractivity contribution >= 4 is 12.1 Å². The van der Waals surface area contributed by atoms with Crippen molar-refractivity contribution in [2.24, 2.45) is 23.2 Å². The normalized spacial score (nSPS) is 40.9. The van der Waals surface area contributed by atoms with Gasteiger partial charge in [-0.2, -0.15) is 0 Å². The van der Waals surface area contributed by atoms with E-state index in [-0.39, 0.29) is 12.1 Å². The van der Waals surface area contributed by atoms with Crippen LogP contribution in [-0.4, -0.2) is 28.8 Å².